The van der Waals surface area contributed by atoms with Gasteiger partial charge in [0.1, 0.15) is 5.82 Å². The maximum Gasteiger partial charge on any atom is 0.221 e. The number of carbonyl (C=O) groups excluding carboxylic acids is 1. The Labute approximate surface area is 69.4 Å². The van der Waals surface area contributed by atoms with Crippen LogP contribution in [0.5, 0.6) is 0 Å². The van der Waals surface area contributed by atoms with Crippen molar-refractivity contribution in [2.45, 2.75) is 6.92 Å². The molecule has 0 heterocycles. The van der Waals surface area contributed by atoms with Crippen LogP contribution in [0.1, 0.15) is 6.92 Å². The van der Waals surface area contributed by atoms with Gasteiger partial charge in [0.05, 0.1) is 0 Å². The number of rotatable bonds is 1. The summed E-state index contributed by atoms with van der Waals surface area (Å²) in [6, 6.07) is 3.88. The van der Waals surface area contributed by atoms with Crippen LogP contribution in [0, 0.1) is 5.82 Å². The Bertz CT molecular complexity index is 292. The first-order valence-corrected chi connectivity index (χ1v) is 3.41. The van der Waals surface area contributed by atoms with E-state index in [-0.39, 0.29) is 5.91 Å². The van der Waals surface area contributed by atoms with E-state index in [1.54, 1.807) is 0 Å². The number of benzene rings is 1. The van der Waals surface area contributed by atoms with E-state index in [2.05, 4.69) is 5.32 Å². The average molecular weight is 168 g/mol. The van der Waals surface area contributed by atoms with Crippen molar-refractivity contribution in [3.63, 3.8) is 0 Å². The number of hydrogen-bond donors (Lipinski definition) is 2. The molecule has 1 amide bonds. The Morgan fingerprint density at radius 2 is 2.17 bits per heavy atom. The monoisotopic (exact) mass is 168 g/mol. The lowest BCUT2D eigenvalue weighted by molar-refractivity contribution is -0.114. The molecule has 12 heavy (non-hydrogen) atoms. The molecule has 3 nitrogen and oxygen atoms in total. The van der Waals surface area contributed by atoms with Crippen molar-refractivity contribution < 1.29 is 9.18 Å². The quantitative estimate of drug-likeness (QED) is 0.622. The van der Waals surface area contributed by atoms with Gasteiger partial charge in [0, 0.05) is 18.3 Å². The maximum absolute atomic E-state index is 12.6. The number of nitrogens with two attached hydrogens (primary N) is 1. The zero-order valence-corrected chi connectivity index (χ0v) is 6.60. The number of nitrogens with one attached hydrogen (secondary N) is 1. The Morgan fingerprint density at radius 1 is 1.50 bits per heavy atom. The number of anilines is 2. The molecule has 0 bridgehead atoms. The highest BCUT2D eigenvalue weighted by Gasteiger charge is 1.98. The Balaban J connectivity index is 2.93. The Hall–Kier alpha value is -1.58. The second-order valence-electron chi connectivity index (χ2n) is 2.45. The number of amides is 1. The first-order valence-electron chi connectivity index (χ1n) is 3.41. The molecule has 0 unspecified atom stereocenters. The van der Waals surface area contributed by atoms with E-state index in [0.717, 1.165) is 0 Å². The minimum absolute atomic E-state index is 0.250. The van der Waals surface area contributed by atoms with E-state index in [1.165, 1.54) is 25.1 Å². The smallest absolute Gasteiger partial charge is 0.221 e. The molecule has 0 spiro atoms. The van der Waals surface area contributed by atoms with Crippen LogP contribution in [0.2, 0.25) is 0 Å². The van der Waals surface area contributed by atoms with Crippen LogP contribution >= 0.6 is 0 Å². The molecule has 0 aliphatic heterocycles. The summed E-state index contributed by atoms with van der Waals surface area (Å²) in [5.41, 5.74) is 6.01. The van der Waals surface area contributed by atoms with Crippen molar-refractivity contribution in [1.29, 1.82) is 0 Å². The predicted molar refractivity (Wildman–Crippen MR) is 45.1 cm³/mol. The molecule has 0 fully saturated rings. The summed E-state index contributed by atoms with van der Waals surface area (Å²) in [5.74, 6) is -0.709. The third-order valence-corrected chi connectivity index (χ3v) is 1.24. The summed E-state index contributed by atoms with van der Waals surface area (Å²) in [6.07, 6.45) is 0. The minimum atomic E-state index is -0.459. The molecule has 0 atom stereocenters. The predicted octanol–water partition coefficient (Wildman–Crippen LogP) is 1.37. The maximum atomic E-state index is 12.6. The Kier molecular flexibility index (Phi) is 2.28. The van der Waals surface area contributed by atoms with Gasteiger partial charge in [0.15, 0.2) is 0 Å². The fourth-order valence-corrected chi connectivity index (χ4v) is 0.888. The molecule has 4 heteroatoms. The molecule has 0 radical (unpaired) electrons. The molecule has 0 aliphatic carbocycles. The van der Waals surface area contributed by atoms with Gasteiger partial charge in [-0.05, 0) is 18.2 Å². The lowest BCUT2D eigenvalue weighted by atomic mass is 10.2. The molecule has 0 aromatic heterocycles. The van der Waals surface area contributed by atoms with Crippen molar-refractivity contribution in [1.82, 2.24) is 0 Å². The summed E-state index contributed by atoms with van der Waals surface area (Å²) in [5, 5.41) is 2.43. The number of hydrogen-bond acceptors (Lipinski definition) is 2. The lowest BCUT2D eigenvalue weighted by Gasteiger charge is -2.02. The van der Waals surface area contributed by atoms with Gasteiger partial charge in [0.2, 0.25) is 5.91 Å². The van der Waals surface area contributed by atoms with Crippen molar-refractivity contribution in [3.05, 3.63) is 24.0 Å². The van der Waals surface area contributed by atoms with Gasteiger partial charge < -0.3 is 11.1 Å². The summed E-state index contributed by atoms with van der Waals surface area (Å²) in [6.45, 7) is 1.35. The first-order chi connectivity index (χ1) is 5.58. The molecule has 0 saturated carbocycles. The third-order valence-electron chi connectivity index (χ3n) is 1.24. The van der Waals surface area contributed by atoms with E-state index in [1.807, 2.05) is 0 Å². The van der Waals surface area contributed by atoms with E-state index < -0.39 is 5.82 Å². The van der Waals surface area contributed by atoms with Crippen molar-refractivity contribution in [3.8, 4) is 0 Å². The summed E-state index contributed by atoms with van der Waals surface area (Å²) >= 11 is 0. The van der Waals surface area contributed by atoms with Gasteiger partial charge in [-0.2, -0.15) is 0 Å². The molecule has 1 aromatic carbocycles. The standard InChI is InChI=1S/C8H9FN2O/c1-5(12)11-8-3-6(9)2-7(10)4-8/h2-4H,10H2,1H3,(H,11,12). The largest absolute Gasteiger partial charge is 0.399 e. The van der Waals surface area contributed by atoms with E-state index >= 15 is 0 Å². The highest BCUT2D eigenvalue weighted by Crippen LogP contribution is 2.14. The molecule has 1 aromatic rings. The molecule has 0 saturated heterocycles. The minimum Gasteiger partial charge on any atom is -0.399 e. The van der Waals surface area contributed by atoms with E-state index in [9.17, 15) is 9.18 Å². The van der Waals surface area contributed by atoms with Crippen molar-refractivity contribution >= 4 is 17.3 Å². The van der Waals surface area contributed by atoms with Crippen LogP contribution in [0.3, 0.4) is 0 Å². The molecule has 0 aliphatic rings. The SMILES string of the molecule is CC(=O)Nc1cc(N)cc(F)c1. The van der Waals surface area contributed by atoms with Gasteiger partial charge in [-0.1, -0.05) is 0 Å². The van der Waals surface area contributed by atoms with Crippen LogP contribution in [0.4, 0.5) is 15.8 Å². The second kappa shape index (κ2) is 3.21. The zero-order valence-electron chi connectivity index (χ0n) is 6.60. The van der Waals surface area contributed by atoms with Gasteiger partial charge in [-0.3, -0.25) is 4.79 Å². The summed E-state index contributed by atoms with van der Waals surface area (Å²) < 4.78 is 12.6. The molecule has 3 N–H and O–H groups in total. The van der Waals surface area contributed by atoms with Gasteiger partial charge in [-0.25, -0.2) is 4.39 Å². The van der Waals surface area contributed by atoms with Crippen molar-refractivity contribution in [2.24, 2.45) is 0 Å². The molecular weight excluding hydrogens is 159 g/mol. The number of halogens is 1. The lowest BCUT2D eigenvalue weighted by Crippen LogP contribution is -2.06. The van der Waals surface area contributed by atoms with Crippen LogP contribution in [0.15, 0.2) is 18.2 Å². The van der Waals surface area contributed by atoms with Crippen LogP contribution in [-0.4, -0.2) is 5.91 Å². The topological polar surface area (TPSA) is 55.1 Å². The highest BCUT2D eigenvalue weighted by molar-refractivity contribution is 5.89. The van der Waals surface area contributed by atoms with Crippen LogP contribution in [0.25, 0.3) is 0 Å². The van der Waals surface area contributed by atoms with Crippen molar-refractivity contribution in [2.75, 3.05) is 11.1 Å². The van der Waals surface area contributed by atoms with E-state index in [0.29, 0.717) is 11.4 Å². The second-order valence-corrected chi connectivity index (χ2v) is 2.45. The van der Waals surface area contributed by atoms with Crippen LogP contribution in [-0.2, 0) is 4.79 Å². The number of nitrogen functional groups attached to an aromatic ring is 1. The third kappa shape index (κ3) is 2.23. The van der Waals surface area contributed by atoms with E-state index in [4.69, 9.17) is 5.73 Å². The average Bonchev–Trinajstić information content (AvgIpc) is 1.81. The van der Waals surface area contributed by atoms with Gasteiger partial charge in [-0.15, -0.1) is 0 Å². The normalized spacial score (nSPS) is 9.50. The fraction of sp³-hybridized carbons (Fsp3) is 0.125. The molecular formula is C8H9FN2O. The first kappa shape index (κ1) is 8.52. The Morgan fingerprint density at radius 3 is 2.67 bits per heavy atom. The van der Waals surface area contributed by atoms with Crippen LogP contribution < -0.4 is 11.1 Å². The van der Waals surface area contributed by atoms with Gasteiger partial charge in [0.25, 0.3) is 0 Å². The summed E-state index contributed by atoms with van der Waals surface area (Å²) in [7, 11) is 0. The fourth-order valence-electron chi connectivity index (χ4n) is 0.888. The molecule has 1 rings (SSSR count). The zero-order chi connectivity index (χ0) is 9.14. The molecule has 64 valence electrons. The number of carbonyl (C=O) groups is 1. The van der Waals surface area contributed by atoms with Gasteiger partial charge >= 0.3 is 0 Å². The highest BCUT2D eigenvalue weighted by atomic mass is 19.1. The summed E-state index contributed by atoms with van der Waals surface area (Å²) in [4.78, 5) is 10.6.